The Kier molecular flexibility index (Phi) is 5.89. The Labute approximate surface area is 127 Å². The van der Waals surface area contributed by atoms with Crippen LogP contribution in [0.15, 0.2) is 29.2 Å². The van der Waals surface area contributed by atoms with Crippen molar-refractivity contribution in [2.45, 2.75) is 31.7 Å². The summed E-state index contributed by atoms with van der Waals surface area (Å²) in [5.74, 6) is -1.16. The SMILES string of the molecule is CC(C)(C)C(NC(=O)CSc1ccc(Cl)cc1)C(=O)O. The fourth-order valence-corrected chi connectivity index (χ4v) is 2.37. The van der Waals surface area contributed by atoms with Crippen molar-refractivity contribution >= 4 is 35.2 Å². The van der Waals surface area contributed by atoms with Crippen molar-refractivity contribution in [3.8, 4) is 0 Å². The third-order valence-electron chi connectivity index (χ3n) is 2.60. The Hall–Kier alpha value is -1.20. The number of benzene rings is 1. The van der Waals surface area contributed by atoms with Gasteiger partial charge in [0.2, 0.25) is 5.91 Å². The fourth-order valence-electron chi connectivity index (χ4n) is 1.53. The minimum absolute atomic E-state index is 0.168. The Morgan fingerprint density at radius 3 is 2.30 bits per heavy atom. The molecule has 4 nitrogen and oxygen atoms in total. The molecule has 0 radical (unpaired) electrons. The van der Waals surface area contributed by atoms with Crippen LogP contribution in [0.2, 0.25) is 5.02 Å². The van der Waals surface area contributed by atoms with Crippen LogP contribution in [0.25, 0.3) is 0 Å². The fraction of sp³-hybridized carbons (Fsp3) is 0.429. The van der Waals surface area contributed by atoms with Gasteiger partial charge >= 0.3 is 5.97 Å². The highest BCUT2D eigenvalue weighted by Gasteiger charge is 2.32. The number of carbonyl (C=O) groups excluding carboxylic acids is 1. The summed E-state index contributed by atoms with van der Waals surface area (Å²) in [6.45, 7) is 5.33. The van der Waals surface area contributed by atoms with Gasteiger partial charge in [0, 0.05) is 9.92 Å². The Bertz CT molecular complexity index is 482. The topological polar surface area (TPSA) is 66.4 Å². The maximum Gasteiger partial charge on any atom is 0.326 e. The van der Waals surface area contributed by atoms with E-state index in [-0.39, 0.29) is 11.7 Å². The average Bonchev–Trinajstić information content (AvgIpc) is 2.33. The smallest absolute Gasteiger partial charge is 0.326 e. The molecule has 1 aromatic carbocycles. The van der Waals surface area contributed by atoms with Gasteiger partial charge in [-0.25, -0.2) is 4.79 Å². The van der Waals surface area contributed by atoms with Gasteiger partial charge in [-0.1, -0.05) is 32.4 Å². The summed E-state index contributed by atoms with van der Waals surface area (Å²) in [6, 6.07) is 6.23. The lowest BCUT2D eigenvalue weighted by molar-refractivity contribution is -0.144. The maximum absolute atomic E-state index is 11.8. The maximum atomic E-state index is 11.8. The van der Waals surface area contributed by atoms with Crippen LogP contribution in [-0.2, 0) is 9.59 Å². The van der Waals surface area contributed by atoms with Gasteiger partial charge in [0.05, 0.1) is 5.75 Å². The Morgan fingerprint density at radius 1 is 1.30 bits per heavy atom. The Morgan fingerprint density at radius 2 is 1.85 bits per heavy atom. The number of hydrogen-bond acceptors (Lipinski definition) is 3. The molecule has 0 bridgehead atoms. The van der Waals surface area contributed by atoms with E-state index in [1.54, 1.807) is 32.9 Å². The van der Waals surface area contributed by atoms with Crippen molar-refractivity contribution in [1.82, 2.24) is 5.32 Å². The summed E-state index contributed by atoms with van der Waals surface area (Å²) < 4.78 is 0. The highest BCUT2D eigenvalue weighted by molar-refractivity contribution is 8.00. The largest absolute Gasteiger partial charge is 0.480 e. The number of carboxylic acids is 1. The molecule has 0 saturated heterocycles. The van der Waals surface area contributed by atoms with Crippen LogP contribution in [-0.4, -0.2) is 28.8 Å². The lowest BCUT2D eigenvalue weighted by Gasteiger charge is -2.27. The van der Waals surface area contributed by atoms with Crippen LogP contribution in [0.1, 0.15) is 20.8 Å². The Balaban J connectivity index is 2.54. The van der Waals surface area contributed by atoms with E-state index < -0.39 is 17.4 Å². The molecule has 1 aromatic rings. The second-order valence-electron chi connectivity index (χ2n) is 5.45. The van der Waals surface area contributed by atoms with Crippen molar-refractivity contribution in [2.75, 3.05) is 5.75 Å². The second kappa shape index (κ2) is 6.99. The number of aliphatic carboxylic acids is 1. The molecule has 1 rings (SSSR count). The van der Waals surface area contributed by atoms with Gasteiger partial charge in [-0.15, -0.1) is 11.8 Å². The summed E-state index contributed by atoms with van der Waals surface area (Å²) in [4.78, 5) is 23.9. The van der Waals surface area contributed by atoms with Crippen molar-refractivity contribution in [1.29, 1.82) is 0 Å². The predicted octanol–water partition coefficient (Wildman–Crippen LogP) is 3.05. The molecule has 2 N–H and O–H groups in total. The van der Waals surface area contributed by atoms with Crippen LogP contribution < -0.4 is 5.32 Å². The average molecular weight is 316 g/mol. The van der Waals surface area contributed by atoms with E-state index in [4.69, 9.17) is 16.7 Å². The first kappa shape index (κ1) is 16.9. The zero-order valence-electron chi connectivity index (χ0n) is 11.6. The number of carboxylic acid groups (broad SMARTS) is 1. The molecule has 0 aliphatic carbocycles. The molecule has 1 unspecified atom stereocenters. The van der Waals surface area contributed by atoms with Crippen LogP contribution >= 0.6 is 23.4 Å². The highest BCUT2D eigenvalue weighted by Crippen LogP contribution is 2.22. The van der Waals surface area contributed by atoms with Crippen LogP contribution in [0.4, 0.5) is 0 Å². The number of halogens is 1. The number of nitrogens with one attached hydrogen (secondary N) is 1. The van der Waals surface area contributed by atoms with Gasteiger partial charge < -0.3 is 10.4 Å². The standard InChI is InChI=1S/C14H18ClNO3S/c1-14(2,3)12(13(18)19)16-11(17)8-20-10-6-4-9(15)5-7-10/h4-7,12H,8H2,1-3H3,(H,16,17)(H,18,19). The van der Waals surface area contributed by atoms with Crippen molar-refractivity contribution < 1.29 is 14.7 Å². The number of rotatable bonds is 5. The van der Waals surface area contributed by atoms with Gasteiger partial charge in [-0.2, -0.15) is 0 Å². The third-order valence-corrected chi connectivity index (χ3v) is 3.87. The first-order valence-corrected chi connectivity index (χ1v) is 7.47. The molecule has 0 aromatic heterocycles. The molecule has 0 aliphatic rings. The minimum atomic E-state index is -1.03. The molecule has 110 valence electrons. The normalized spacial score (nSPS) is 12.8. The zero-order chi connectivity index (χ0) is 15.3. The quantitative estimate of drug-likeness (QED) is 0.820. The van der Waals surface area contributed by atoms with Crippen molar-refractivity contribution in [3.05, 3.63) is 29.3 Å². The van der Waals surface area contributed by atoms with E-state index in [1.165, 1.54) is 11.8 Å². The highest BCUT2D eigenvalue weighted by atomic mass is 35.5. The zero-order valence-corrected chi connectivity index (χ0v) is 13.2. The molecular weight excluding hydrogens is 298 g/mol. The van der Waals surface area contributed by atoms with Crippen molar-refractivity contribution in [3.63, 3.8) is 0 Å². The van der Waals surface area contributed by atoms with Crippen LogP contribution in [0.5, 0.6) is 0 Å². The van der Waals surface area contributed by atoms with E-state index in [9.17, 15) is 9.59 Å². The summed E-state index contributed by atoms with van der Waals surface area (Å²) in [5, 5.41) is 12.3. The first-order chi connectivity index (χ1) is 9.20. The molecule has 1 atom stereocenters. The predicted molar refractivity (Wildman–Crippen MR) is 81.2 cm³/mol. The molecule has 0 spiro atoms. The third kappa shape index (κ3) is 5.43. The summed E-state index contributed by atoms with van der Waals surface area (Å²) in [5.41, 5.74) is -0.535. The van der Waals surface area contributed by atoms with E-state index in [0.717, 1.165) is 4.90 Å². The lowest BCUT2D eigenvalue weighted by Crippen LogP contribution is -2.49. The van der Waals surface area contributed by atoms with E-state index in [2.05, 4.69) is 5.32 Å². The second-order valence-corrected chi connectivity index (χ2v) is 6.93. The molecule has 6 heteroatoms. The van der Waals surface area contributed by atoms with Crippen LogP contribution in [0, 0.1) is 5.41 Å². The number of carbonyl (C=O) groups is 2. The van der Waals surface area contributed by atoms with Crippen LogP contribution in [0.3, 0.4) is 0 Å². The molecular formula is C14H18ClNO3S. The number of amides is 1. The lowest BCUT2D eigenvalue weighted by atomic mass is 9.87. The number of hydrogen-bond donors (Lipinski definition) is 2. The number of thioether (sulfide) groups is 1. The van der Waals surface area contributed by atoms with Crippen molar-refractivity contribution in [2.24, 2.45) is 5.41 Å². The van der Waals surface area contributed by atoms with E-state index in [1.807, 2.05) is 12.1 Å². The molecule has 0 fully saturated rings. The molecule has 0 aliphatic heterocycles. The first-order valence-electron chi connectivity index (χ1n) is 6.10. The van der Waals surface area contributed by atoms with E-state index in [0.29, 0.717) is 5.02 Å². The minimum Gasteiger partial charge on any atom is -0.480 e. The molecule has 20 heavy (non-hydrogen) atoms. The monoisotopic (exact) mass is 315 g/mol. The van der Waals surface area contributed by atoms with Gasteiger partial charge in [0.25, 0.3) is 0 Å². The van der Waals surface area contributed by atoms with Gasteiger partial charge in [-0.05, 0) is 29.7 Å². The van der Waals surface area contributed by atoms with Gasteiger partial charge in [0.1, 0.15) is 6.04 Å². The molecule has 0 heterocycles. The van der Waals surface area contributed by atoms with Gasteiger partial charge in [-0.3, -0.25) is 4.79 Å². The summed E-state index contributed by atoms with van der Waals surface area (Å²) >= 11 is 7.11. The van der Waals surface area contributed by atoms with Gasteiger partial charge in [0.15, 0.2) is 0 Å². The van der Waals surface area contributed by atoms with E-state index >= 15 is 0 Å². The molecule has 1 amide bonds. The summed E-state index contributed by atoms with van der Waals surface area (Å²) in [6.07, 6.45) is 0. The molecule has 0 saturated carbocycles. The summed E-state index contributed by atoms with van der Waals surface area (Å²) in [7, 11) is 0.